The van der Waals surface area contributed by atoms with Gasteiger partial charge in [0.1, 0.15) is 5.82 Å². The van der Waals surface area contributed by atoms with Crippen LogP contribution >= 0.6 is 0 Å². The van der Waals surface area contributed by atoms with Gasteiger partial charge in [-0.15, -0.1) is 6.58 Å². The predicted octanol–water partition coefficient (Wildman–Crippen LogP) is 12.4. The summed E-state index contributed by atoms with van der Waals surface area (Å²) in [4.78, 5) is 13.8. The molecular formula is C40H52FN3. The zero-order valence-electron chi connectivity index (χ0n) is 28.0. The highest BCUT2D eigenvalue weighted by atomic mass is 19.1. The predicted molar refractivity (Wildman–Crippen MR) is 190 cm³/mol. The number of allylic oxidation sites excluding steroid dienone is 1. The smallest absolute Gasteiger partial charge is 0.155 e. The molecule has 0 spiro atoms. The van der Waals surface area contributed by atoms with Crippen molar-refractivity contribution >= 4 is 12.0 Å². The van der Waals surface area contributed by atoms with Crippen LogP contribution in [0.1, 0.15) is 108 Å². The summed E-state index contributed by atoms with van der Waals surface area (Å²) in [5.41, 5.74) is 7.40. The second-order valence-corrected chi connectivity index (χ2v) is 10.9. The fourth-order valence-electron chi connectivity index (χ4n) is 4.78. The van der Waals surface area contributed by atoms with E-state index >= 15 is 0 Å². The van der Waals surface area contributed by atoms with E-state index in [4.69, 9.17) is 0 Å². The van der Waals surface area contributed by atoms with E-state index < -0.39 is 0 Å². The molecule has 0 atom stereocenters. The Bertz CT molecular complexity index is 1410. The van der Waals surface area contributed by atoms with E-state index in [9.17, 15) is 4.39 Å². The van der Waals surface area contributed by atoms with Gasteiger partial charge in [-0.2, -0.15) is 0 Å². The standard InChI is InChI=1S/C31H30FN3.C4H10.C3H6.C2H6/c1-21-8-15-28(32)27(18-21)30-16-9-22(2)31(35-30)34-20-23-10-17-29(33-19-23)26-13-11-25(12-14-26)24-6-4-3-5-7-24;1-3-4-2;1-3-2;1-2/h8-20,24H,3-7H2,1-2H3;3-4H2,1-2H3;3H,1H2,2H3;1-2H3/b34-20+;;;. The summed E-state index contributed by atoms with van der Waals surface area (Å²) in [7, 11) is 0. The minimum absolute atomic E-state index is 0.284. The highest BCUT2D eigenvalue weighted by Crippen LogP contribution is 2.33. The number of nitrogens with zero attached hydrogens (tertiary/aromatic N) is 3. The maximum atomic E-state index is 14.3. The van der Waals surface area contributed by atoms with Gasteiger partial charge >= 0.3 is 0 Å². The molecule has 1 aliphatic rings. The molecule has 4 heteroatoms. The van der Waals surface area contributed by atoms with Crippen molar-refractivity contribution < 1.29 is 4.39 Å². The number of aryl methyl sites for hydroxylation is 2. The number of aromatic nitrogens is 2. The van der Waals surface area contributed by atoms with Gasteiger partial charge in [-0.05, 0) is 81.0 Å². The number of unbranched alkanes of at least 4 members (excludes halogenated alkanes) is 1. The van der Waals surface area contributed by atoms with Crippen molar-refractivity contribution in [3.05, 3.63) is 114 Å². The van der Waals surface area contributed by atoms with Gasteiger partial charge in [0, 0.05) is 29.1 Å². The van der Waals surface area contributed by atoms with Crippen molar-refractivity contribution in [3.63, 3.8) is 0 Å². The summed E-state index contributed by atoms with van der Waals surface area (Å²) in [5.74, 6) is 1.00. The summed E-state index contributed by atoms with van der Waals surface area (Å²) in [6.07, 6.45) is 14.7. The molecule has 0 aliphatic heterocycles. The molecule has 2 aromatic heterocycles. The average molecular weight is 594 g/mol. The molecule has 1 fully saturated rings. The number of benzene rings is 2. The van der Waals surface area contributed by atoms with E-state index in [1.165, 1.54) is 56.6 Å². The van der Waals surface area contributed by atoms with E-state index in [0.717, 1.165) is 27.9 Å². The van der Waals surface area contributed by atoms with Crippen LogP contribution in [0.5, 0.6) is 0 Å². The molecule has 4 aromatic rings. The fraction of sp³-hybridized carbons (Fsp3) is 0.375. The summed E-state index contributed by atoms with van der Waals surface area (Å²) in [6, 6.07) is 21.7. The van der Waals surface area contributed by atoms with Crippen molar-refractivity contribution in [2.75, 3.05) is 0 Å². The van der Waals surface area contributed by atoms with Crippen molar-refractivity contribution in [2.24, 2.45) is 4.99 Å². The van der Waals surface area contributed by atoms with Gasteiger partial charge in [0.2, 0.25) is 0 Å². The van der Waals surface area contributed by atoms with Crippen LogP contribution in [0.4, 0.5) is 10.2 Å². The molecule has 0 bridgehead atoms. The number of halogens is 1. The lowest BCUT2D eigenvalue weighted by Gasteiger charge is -2.22. The molecule has 0 amide bonds. The van der Waals surface area contributed by atoms with Gasteiger partial charge in [-0.3, -0.25) is 4.98 Å². The normalized spacial score (nSPS) is 12.6. The van der Waals surface area contributed by atoms with Gasteiger partial charge in [-0.25, -0.2) is 14.4 Å². The van der Waals surface area contributed by atoms with E-state index in [1.54, 1.807) is 18.4 Å². The first-order valence-electron chi connectivity index (χ1n) is 16.3. The molecule has 3 nitrogen and oxygen atoms in total. The van der Waals surface area contributed by atoms with Crippen molar-refractivity contribution in [3.8, 4) is 22.5 Å². The molecular weight excluding hydrogens is 541 g/mol. The summed E-state index contributed by atoms with van der Waals surface area (Å²) in [6.45, 7) is 17.5. The largest absolute Gasteiger partial charge is 0.256 e. The Hall–Kier alpha value is -3.92. The third-order valence-electron chi connectivity index (χ3n) is 7.37. The monoisotopic (exact) mass is 593 g/mol. The minimum Gasteiger partial charge on any atom is -0.256 e. The van der Waals surface area contributed by atoms with Crippen LogP contribution in [0.25, 0.3) is 22.5 Å². The Morgan fingerprint density at radius 3 is 2.09 bits per heavy atom. The molecule has 0 radical (unpaired) electrons. The van der Waals surface area contributed by atoms with Gasteiger partial charge in [-0.1, -0.05) is 108 Å². The molecule has 1 saturated carbocycles. The van der Waals surface area contributed by atoms with Gasteiger partial charge in [0.25, 0.3) is 0 Å². The van der Waals surface area contributed by atoms with Crippen LogP contribution in [-0.4, -0.2) is 16.2 Å². The molecule has 2 heterocycles. The van der Waals surface area contributed by atoms with Crippen LogP contribution < -0.4 is 0 Å². The third kappa shape index (κ3) is 11.3. The molecule has 0 unspecified atom stereocenters. The zero-order valence-corrected chi connectivity index (χ0v) is 28.0. The summed E-state index contributed by atoms with van der Waals surface area (Å²) < 4.78 is 14.3. The van der Waals surface area contributed by atoms with Gasteiger partial charge in [0.15, 0.2) is 5.82 Å². The maximum absolute atomic E-state index is 14.3. The number of aliphatic imine (C=N–C) groups is 1. The Balaban J connectivity index is 0.000000672. The Labute approximate surface area is 266 Å². The highest BCUT2D eigenvalue weighted by Gasteiger charge is 2.15. The zero-order chi connectivity index (χ0) is 32.3. The minimum atomic E-state index is -0.284. The Morgan fingerprint density at radius 2 is 1.50 bits per heavy atom. The van der Waals surface area contributed by atoms with Crippen molar-refractivity contribution in [1.82, 2.24) is 9.97 Å². The lowest BCUT2D eigenvalue weighted by Crippen LogP contribution is -2.04. The Kier molecular flexibility index (Phi) is 16.6. The first-order chi connectivity index (χ1) is 21.4. The molecule has 5 rings (SSSR count). The fourth-order valence-corrected chi connectivity index (χ4v) is 4.78. The first kappa shape index (κ1) is 36.3. The second kappa shape index (κ2) is 20.1. The van der Waals surface area contributed by atoms with Crippen molar-refractivity contribution in [2.45, 2.75) is 99.3 Å². The molecule has 0 saturated heterocycles. The van der Waals surface area contributed by atoms with E-state index in [2.05, 4.69) is 59.7 Å². The molecule has 1 aliphatic carbocycles. The number of hydrogen-bond acceptors (Lipinski definition) is 3. The van der Waals surface area contributed by atoms with E-state index in [1.807, 2.05) is 71.1 Å². The van der Waals surface area contributed by atoms with E-state index in [-0.39, 0.29) is 5.82 Å². The van der Waals surface area contributed by atoms with Crippen LogP contribution in [0, 0.1) is 19.7 Å². The topological polar surface area (TPSA) is 38.1 Å². The van der Waals surface area contributed by atoms with Crippen molar-refractivity contribution in [1.29, 1.82) is 0 Å². The van der Waals surface area contributed by atoms with Crippen LogP contribution in [0.15, 0.2) is 90.6 Å². The number of pyridine rings is 2. The van der Waals surface area contributed by atoms with E-state index in [0.29, 0.717) is 23.0 Å². The SMILES string of the molecule is C=CC.CC.CCCC.Cc1ccc(F)c(-c2ccc(C)c(/N=C/c3ccc(-c4ccc(C5CCCCC5)cc4)nc3)n2)c1. The lowest BCUT2D eigenvalue weighted by molar-refractivity contribution is 0.443. The van der Waals surface area contributed by atoms with Crippen LogP contribution in [0.3, 0.4) is 0 Å². The molecule has 44 heavy (non-hydrogen) atoms. The van der Waals surface area contributed by atoms with Crippen LogP contribution in [-0.2, 0) is 0 Å². The van der Waals surface area contributed by atoms with Gasteiger partial charge in [0.05, 0.1) is 11.4 Å². The maximum Gasteiger partial charge on any atom is 0.155 e. The second-order valence-electron chi connectivity index (χ2n) is 10.9. The third-order valence-corrected chi connectivity index (χ3v) is 7.37. The molecule has 0 N–H and O–H groups in total. The first-order valence-corrected chi connectivity index (χ1v) is 16.3. The highest BCUT2D eigenvalue weighted by molar-refractivity contribution is 5.82. The molecule has 234 valence electrons. The lowest BCUT2D eigenvalue weighted by atomic mass is 9.84. The van der Waals surface area contributed by atoms with Crippen LogP contribution in [0.2, 0.25) is 0 Å². The quantitative estimate of drug-likeness (QED) is 0.165. The van der Waals surface area contributed by atoms with Gasteiger partial charge < -0.3 is 0 Å². The number of rotatable bonds is 6. The number of hydrogen-bond donors (Lipinski definition) is 0. The summed E-state index contributed by atoms with van der Waals surface area (Å²) in [5, 5.41) is 0. The summed E-state index contributed by atoms with van der Waals surface area (Å²) >= 11 is 0. The average Bonchev–Trinajstić information content (AvgIpc) is 3.08. The Morgan fingerprint density at radius 1 is 0.864 bits per heavy atom. The molecule has 2 aromatic carbocycles.